The molecule has 4 aromatic carbocycles. The van der Waals surface area contributed by atoms with Crippen LogP contribution < -0.4 is 9.44 Å². The van der Waals surface area contributed by atoms with Crippen molar-refractivity contribution in [2.75, 3.05) is 39.8 Å². The van der Waals surface area contributed by atoms with Gasteiger partial charge in [-0.15, -0.1) is 0 Å². The number of likely N-dealkylation sites (N-methyl/N-ethyl adjacent to an activating group) is 1. The van der Waals surface area contributed by atoms with E-state index in [0.717, 1.165) is 10.8 Å². The molecule has 3 heterocycles. The first-order chi connectivity index (χ1) is 27.5. The topological polar surface area (TPSA) is 174 Å². The van der Waals surface area contributed by atoms with Crippen molar-refractivity contribution < 1.29 is 36.0 Å². The second-order valence-corrected chi connectivity index (χ2v) is 19.5. The summed E-state index contributed by atoms with van der Waals surface area (Å²) in [7, 11) is -6.51. The summed E-state index contributed by atoms with van der Waals surface area (Å²) in [4.78, 5) is 60.1. The first-order valence-electron chi connectivity index (χ1n) is 19.0. The van der Waals surface area contributed by atoms with Crippen molar-refractivity contribution >= 4 is 88.4 Å². The van der Waals surface area contributed by atoms with Crippen LogP contribution >= 0.6 is 23.2 Å². The maximum absolute atomic E-state index is 13.6. The third-order valence-electron chi connectivity index (χ3n) is 11.3. The highest BCUT2D eigenvalue weighted by Gasteiger charge is 2.40. The fourth-order valence-electron chi connectivity index (χ4n) is 8.01. The highest BCUT2D eigenvalue weighted by molar-refractivity contribution is 7.89. The number of nitrogens with one attached hydrogen (secondary N) is 2. The van der Waals surface area contributed by atoms with Crippen LogP contribution in [0.2, 0.25) is 10.0 Å². The van der Waals surface area contributed by atoms with Gasteiger partial charge in [0.1, 0.15) is 12.1 Å². The van der Waals surface area contributed by atoms with Gasteiger partial charge in [-0.2, -0.15) is 9.44 Å². The monoisotopic (exact) mass is 870 g/mol. The van der Waals surface area contributed by atoms with Crippen LogP contribution in [0.4, 0.5) is 0 Å². The summed E-state index contributed by atoms with van der Waals surface area (Å²) in [5.74, 6) is -1.65. The largest absolute Gasteiger partial charge is 0.339 e. The molecule has 3 aliphatic heterocycles. The first kappa shape index (κ1) is 41.8. The van der Waals surface area contributed by atoms with Crippen molar-refractivity contribution in [3.8, 4) is 0 Å². The Bertz CT molecular complexity index is 2520. The summed E-state index contributed by atoms with van der Waals surface area (Å²) >= 11 is 12.1. The SMILES string of the molecule is C[C@H]1C[C@@H](N(C)C(=O)CN2CCC[C@H](NS(=O)(=O)c3ccc4cc(Cl)ccc4c3)C2=O)CN1C(=O)CN1CCC[C@H](NS(=O)(=O)c2ccc3cc(Cl)ccc3c2)C1=O. The Morgan fingerprint density at radius 3 is 1.66 bits per heavy atom. The van der Waals surface area contributed by atoms with E-state index in [9.17, 15) is 36.0 Å². The minimum Gasteiger partial charge on any atom is -0.339 e. The number of halogens is 2. The zero-order valence-corrected chi connectivity index (χ0v) is 35.1. The fourth-order valence-corrected chi connectivity index (χ4v) is 10.9. The minimum atomic E-state index is -4.06. The normalized spacial score (nSPS) is 21.9. The lowest BCUT2D eigenvalue weighted by atomic mass is 10.1. The van der Waals surface area contributed by atoms with E-state index in [0.29, 0.717) is 46.6 Å². The fraction of sp³-hybridized carbons (Fsp3) is 0.400. The van der Waals surface area contributed by atoms with E-state index in [1.807, 2.05) is 6.92 Å². The maximum Gasteiger partial charge on any atom is 0.242 e. The van der Waals surface area contributed by atoms with E-state index in [2.05, 4.69) is 9.44 Å². The lowest BCUT2D eigenvalue weighted by Crippen LogP contribution is -2.55. The molecule has 18 heteroatoms. The molecular formula is C40H44Cl2N6O8S2. The second-order valence-electron chi connectivity index (χ2n) is 15.2. The molecule has 0 bridgehead atoms. The van der Waals surface area contributed by atoms with Gasteiger partial charge in [-0.1, -0.05) is 47.5 Å². The van der Waals surface area contributed by atoms with E-state index in [1.54, 1.807) is 60.5 Å². The maximum atomic E-state index is 13.6. The molecule has 0 aliphatic carbocycles. The number of nitrogens with zero attached hydrogens (tertiary/aromatic N) is 4. The molecule has 58 heavy (non-hydrogen) atoms. The summed E-state index contributed by atoms with van der Waals surface area (Å²) in [6, 6.07) is 16.8. The van der Waals surface area contributed by atoms with Gasteiger partial charge in [-0.25, -0.2) is 16.8 Å². The van der Waals surface area contributed by atoms with Crippen LogP contribution in [-0.2, 0) is 39.2 Å². The Kier molecular flexibility index (Phi) is 12.1. The quantitative estimate of drug-likeness (QED) is 0.228. The summed E-state index contributed by atoms with van der Waals surface area (Å²) in [5.41, 5.74) is 0. The molecule has 308 valence electrons. The van der Waals surface area contributed by atoms with Crippen LogP contribution in [-0.4, -0.2) is 124 Å². The Balaban J connectivity index is 0.922. The average molecular weight is 872 g/mol. The van der Waals surface area contributed by atoms with Crippen molar-refractivity contribution in [2.45, 2.75) is 73.0 Å². The predicted octanol–water partition coefficient (Wildman–Crippen LogP) is 3.99. The van der Waals surface area contributed by atoms with Crippen molar-refractivity contribution in [3.63, 3.8) is 0 Å². The van der Waals surface area contributed by atoms with Crippen LogP contribution in [0.3, 0.4) is 0 Å². The van der Waals surface area contributed by atoms with Crippen LogP contribution in [0.15, 0.2) is 82.6 Å². The molecular weight excluding hydrogens is 828 g/mol. The molecule has 0 radical (unpaired) electrons. The van der Waals surface area contributed by atoms with Gasteiger partial charge in [-0.05, 0) is 109 Å². The molecule has 4 atom stereocenters. The number of sulfonamides is 2. The number of carbonyl (C=O) groups is 4. The predicted molar refractivity (Wildman–Crippen MR) is 220 cm³/mol. The molecule has 3 fully saturated rings. The van der Waals surface area contributed by atoms with Crippen LogP contribution in [0.5, 0.6) is 0 Å². The Morgan fingerprint density at radius 2 is 1.16 bits per heavy atom. The van der Waals surface area contributed by atoms with Gasteiger partial charge in [0, 0.05) is 42.8 Å². The molecule has 0 aromatic heterocycles. The summed E-state index contributed by atoms with van der Waals surface area (Å²) in [5, 5.41) is 3.96. The van der Waals surface area contributed by atoms with Gasteiger partial charge in [0.05, 0.1) is 28.9 Å². The zero-order chi connectivity index (χ0) is 41.5. The van der Waals surface area contributed by atoms with E-state index < -0.39 is 43.9 Å². The molecule has 0 spiro atoms. The molecule has 3 aliphatic rings. The Labute approximate surface area is 347 Å². The van der Waals surface area contributed by atoms with E-state index in [4.69, 9.17) is 23.2 Å². The number of fused-ring (bicyclic) bond motifs is 2. The standard InChI is InChI=1S/C40H44Cl2N6O8S2/c1-25-17-32(45(2)37(49)23-46-15-3-5-35(39(46)51)43-57(53,54)33-13-9-26-18-30(41)11-7-28(26)20-33)22-48(25)38(50)24-47-16-4-6-36(40(47)52)44-58(55,56)34-14-10-27-19-31(42)12-8-29(27)21-34/h7-14,18-21,25,32,35-36,43-44H,3-6,15-17,22-24H2,1-2H3/t25-,32+,35-,36-/m0/s1. The number of hydrogen-bond donors (Lipinski definition) is 2. The summed E-state index contributed by atoms with van der Waals surface area (Å²) < 4.78 is 58.4. The van der Waals surface area contributed by atoms with Crippen LogP contribution in [0.25, 0.3) is 21.5 Å². The summed E-state index contributed by atoms with van der Waals surface area (Å²) in [6.45, 7) is 2.16. The van der Waals surface area contributed by atoms with Crippen molar-refractivity contribution in [1.29, 1.82) is 0 Å². The summed E-state index contributed by atoms with van der Waals surface area (Å²) in [6.07, 6.45) is 2.02. The van der Waals surface area contributed by atoms with E-state index in [1.165, 1.54) is 39.0 Å². The number of rotatable bonds is 11. The Morgan fingerprint density at radius 1 is 0.707 bits per heavy atom. The van der Waals surface area contributed by atoms with Crippen LogP contribution in [0.1, 0.15) is 39.0 Å². The van der Waals surface area contributed by atoms with Gasteiger partial charge in [0.2, 0.25) is 43.7 Å². The highest BCUT2D eigenvalue weighted by Crippen LogP contribution is 2.27. The van der Waals surface area contributed by atoms with Crippen molar-refractivity contribution in [3.05, 3.63) is 82.8 Å². The highest BCUT2D eigenvalue weighted by atomic mass is 35.5. The van der Waals surface area contributed by atoms with Gasteiger partial charge >= 0.3 is 0 Å². The number of hydrogen-bond acceptors (Lipinski definition) is 8. The van der Waals surface area contributed by atoms with Gasteiger partial charge in [0.25, 0.3) is 0 Å². The number of likely N-dealkylation sites (tertiary alicyclic amines) is 3. The minimum absolute atomic E-state index is 0.00948. The molecule has 0 unspecified atom stereocenters. The van der Waals surface area contributed by atoms with Crippen molar-refractivity contribution in [1.82, 2.24) is 29.0 Å². The molecule has 3 saturated heterocycles. The lowest BCUT2D eigenvalue weighted by Gasteiger charge is -2.34. The third-order valence-corrected chi connectivity index (χ3v) is 14.7. The average Bonchev–Trinajstić information content (AvgIpc) is 3.58. The molecule has 2 N–H and O–H groups in total. The number of carbonyl (C=O) groups excluding carboxylic acids is 4. The van der Waals surface area contributed by atoms with E-state index >= 15 is 0 Å². The molecule has 4 aromatic rings. The third kappa shape index (κ3) is 8.97. The Hall–Kier alpha value is -4.32. The van der Waals surface area contributed by atoms with Crippen molar-refractivity contribution in [2.24, 2.45) is 0 Å². The number of amides is 4. The zero-order valence-electron chi connectivity index (χ0n) is 31.9. The van der Waals surface area contributed by atoms with E-state index in [-0.39, 0.29) is 72.7 Å². The van der Waals surface area contributed by atoms with Gasteiger partial charge in [0.15, 0.2) is 0 Å². The molecule has 7 rings (SSSR count). The first-order valence-corrected chi connectivity index (χ1v) is 22.8. The van der Waals surface area contributed by atoms with Gasteiger partial charge < -0.3 is 19.6 Å². The van der Waals surface area contributed by atoms with Gasteiger partial charge in [-0.3, -0.25) is 19.2 Å². The smallest absolute Gasteiger partial charge is 0.242 e. The number of piperidine rings is 2. The molecule has 4 amide bonds. The number of benzene rings is 4. The second kappa shape index (κ2) is 16.7. The van der Waals surface area contributed by atoms with Crippen LogP contribution in [0, 0.1) is 0 Å². The molecule has 14 nitrogen and oxygen atoms in total. The lowest BCUT2D eigenvalue weighted by molar-refractivity contribution is -0.144. The molecule has 0 saturated carbocycles.